The molecular formula is C14H14O4. The van der Waals surface area contributed by atoms with Crippen LogP contribution in [0, 0.1) is 12.3 Å². The van der Waals surface area contributed by atoms with E-state index < -0.39 is 11.9 Å². The molecule has 0 bridgehead atoms. The van der Waals surface area contributed by atoms with E-state index in [1.54, 1.807) is 24.3 Å². The Bertz CT molecular complexity index is 468. The van der Waals surface area contributed by atoms with Gasteiger partial charge in [0, 0.05) is 6.42 Å². The first kappa shape index (κ1) is 13.8. The molecule has 94 valence electrons. The maximum atomic E-state index is 11.6. The van der Waals surface area contributed by atoms with Gasteiger partial charge in [-0.2, -0.15) is 0 Å². The summed E-state index contributed by atoms with van der Waals surface area (Å²) in [7, 11) is 1.31. The third-order valence-corrected chi connectivity index (χ3v) is 2.55. The zero-order valence-electron chi connectivity index (χ0n) is 10.1. The van der Waals surface area contributed by atoms with Crippen molar-refractivity contribution in [2.24, 2.45) is 0 Å². The third kappa shape index (κ3) is 3.63. The second kappa shape index (κ2) is 6.45. The van der Waals surface area contributed by atoms with Crippen molar-refractivity contribution in [3.63, 3.8) is 0 Å². The minimum Gasteiger partial charge on any atom is -0.481 e. The molecule has 0 aromatic heterocycles. The number of ether oxygens (including phenoxy) is 1. The molecule has 1 atom stereocenters. The lowest BCUT2D eigenvalue weighted by molar-refractivity contribution is -0.142. The van der Waals surface area contributed by atoms with E-state index in [4.69, 9.17) is 11.5 Å². The average molecular weight is 246 g/mol. The number of hydrogen-bond donors (Lipinski definition) is 1. The summed E-state index contributed by atoms with van der Waals surface area (Å²) in [4.78, 5) is 22.1. The molecule has 1 aromatic rings. The van der Waals surface area contributed by atoms with Crippen molar-refractivity contribution >= 4 is 11.9 Å². The SMILES string of the molecule is C#CC[C@@H](C(=O)OC)c1ccc(CC(=O)O)cc1. The minimum atomic E-state index is -0.893. The zero-order chi connectivity index (χ0) is 13.5. The average Bonchev–Trinajstić information content (AvgIpc) is 2.35. The highest BCUT2D eigenvalue weighted by atomic mass is 16.5. The van der Waals surface area contributed by atoms with Gasteiger partial charge in [0.25, 0.3) is 0 Å². The van der Waals surface area contributed by atoms with Crippen LogP contribution in [0.25, 0.3) is 0 Å². The van der Waals surface area contributed by atoms with Crippen LogP contribution >= 0.6 is 0 Å². The molecule has 0 fully saturated rings. The van der Waals surface area contributed by atoms with Crippen LogP contribution in [0.5, 0.6) is 0 Å². The van der Waals surface area contributed by atoms with Gasteiger partial charge in [-0.25, -0.2) is 0 Å². The smallest absolute Gasteiger partial charge is 0.314 e. The standard InChI is InChI=1S/C14H14O4/c1-3-4-12(14(17)18-2)11-7-5-10(6-8-11)9-13(15)16/h1,5-8,12H,4,9H2,2H3,(H,15,16)/t12-/m1/s1. The molecule has 0 saturated heterocycles. The fourth-order valence-corrected chi connectivity index (χ4v) is 1.64. The molecule has 0 aliphatic carbocycles. The number of carboxylic acids is 1. The van der Waals surface area contributed by atoms with Crippen molar-refractivity contribution in [3.05, 3.63) is 35.4 Å². The van der Waals surface area contributed by atoms with Crippen LogP contribution in [-0.2, 0) is 20.7 Å². The molecule has 4 heteroatoms. The summed E-state index contributed by atoms with van der Waals surface area (Å²) >= 11 is 0. The van der Waals surface area contributed by atoms with Gasteiger partial charge in [-0.15, -0.1) is 12.3 Å². The Kier molecular flexibility index (Phi) is 4.94. The van der Waals surface area contributed by atoms with Crippen molar-refractivity contribution in [1.29, 1.82) is 0 Å². The van der Waals surface area contributed by atoms with Gasteiger partial charge in [-0.1, -0.05) is 24.3 Å². The van der Waals surface area contributed by atoms with Gasteiger partial charge >= 0.3 is 11.9 Å². The van der Waals surface area contributed by atoms with E-state index >= 15 is 0 Å². The summed E-state index contributed by atoms with van der Waals surface area (Å²) in [6, 6.07) is 6.76. The lowest BCUT2D eigenvalue weighted by Gasteiger charge is -2.12. The van der Waals surface area contributed by atoms with E-state index in [-0.39, 0.29) is 18.8 Å². The number of carbonyl (C=O) groups excluding carboxylic acids is 1. The molecule has 0 unspecified atom stereocenters. The van der Waals surface area contributed by atoms with E-state index in [0.717, 1.165) is 5.56 Å². The minimum absolute atomic E-state index is 0.0433. The van der Waals surface area contributed by atoms with Crippen LogP contribution in [0.3, 0.4) is 0 Å². The topological polar surface area (TPSA) is 63.6 Å². The van der Waals surface area contributed by atoms with E-state index in [1.165, 1.54) is 7.11 Å². The highest BCUT2D eigenvalue weighted by Gasteiger charge is 2.20. The normalized spacial score (nSPS) is 11.3. The molecule has 0 radical (unpaired) electrons. The molecule has 1 N–H and O–H groups in total. The number of carbonyl (C=O) groups is 2. The van der Waals surface area contributed by atoms with Crippen LogP contribution in [-0.4, -0.2) is 24.2 Å². The van der Waals surface area contributed by atoms with Crippen LogP contribution in [0.1, 0.15) is 23.5 Å². The van der Waals surface area contributed by atoms with Gasteiger partial charge in [0.1, 0.15) is 0 Å². The highest BCUT2D eigenvalue weighted by molar-refractivity contribution is 5.78. The molecule has 1 aromatic carbocycles. The Hall–Kier alpha value is -2.28. The molecule has 0 aliphatic heterocycles. The van der Waals surface area contributed by atoms with Gasteiger partial charge in [0.05, 0.1) is 19.4 Å². The van der Waals surface area contributed by atoms with Crippen molar-refractivity contribution in [1.82, 2.24) is 0 Å². The van der Waals surface area contributed by atoms with E-state index in [1.807, 2.05) is 0 Å². The Morgan fingerprint density at radius 2 is 2.00 bits per heavy atom. The molecule has 0 saturated carbocycles. The van der Waals surface area contributed by atoms with Crippen LogP contribution in [0.4, 0.5) is 0 Å². The van der Waals surface area contributed by atoms with Gasteiger partial charge in [-0.3, -0.25) is 9.59 Å². The molecule has 0 amide bonds. The van der Waals surface area contributed by atoms with Crippen molar-refractivity contribution in [3.8, 4) is 12.3 Å². The fraction of sp³-hybridized carbons (Fsp3) is 0.286. The van der Waals surface area contributed by atoms with Crippen molar-refractivity contribution in [2.75, 3.05) is 7.11 Å². The first-order valence-electron chi connectivity index (χ1n) is 5.40. The van der Waals surface area contributed by atoms with Crippen molar-refractivity contribution in [2.45, 2.75) is 18.8 Å². The summed E-state index contributed by atoms with van der Waals surface area (Å²) in [6.07, 6.45) is 5.43. The van der Waals surface area contributed by atoms with Gasteiger partial charge in [0.15, 0.2) is 0 Å². The maximum Gasteiger partial charge on any atom is 0.314 e. The lowest BCUT2D eigenvalue weighted by atomic mass is 9.95. The Labute approximate surface area is 106 Å². The Morgan fingerprint density at radius 1 is 1.39 bits per heavy atom. The van der Waals surface area contributed by atoms with Crippen LogP contribution in [0.2, 0.25) is 0 Å². The van der Waals surface area contributed by atoms with Gasteiger partial charge in [0.2, 0.25) is 0 Å². The first-order valence-corrected chi connectivity index (χ1v) is 5.40. The van der Waals surface area contributed by atoms with E-state index in [2.05, 4.69) is 10.7 Å². The molecule has 18 heavy (non-hydrogen) atoms. The summed E-state index contributed by atoms with van der Waals surface area (Å²) < 4.78 is 4.69. The van der Waals surface area contributed by atoms with Crippen LogP contribution in [0.15, 0.2) is 24.3 Å². The second-order valence-corrected chi connectivity index (χ2v) is 3.80. The monoisotopic (exact) mass is 246 g/mol. The molecular weight excluding hydrogens is 232 g/mol. The number of rotatable bonds is 5. The number of methoxy groups -OCH3 is 1. The van der Waals surface area contributed by atoms with Crippen LogP contribution < -0.4 is 0 Å². The van der Waals surface area contributed by atoms with Gasteiger partial charge < -0.3 is 9.84 Å². The molecule has 0 spiro atoms. The maximum absolute atomic E-state index is 11.6. The summed E-state index contributed by atoms with van der Waals surface area (Å²) in [5.41, 5.74) is 1.41. The number of carboxylic acid groups (broad SMARTS) is 1. The zero-order valence-corrected chi connectivity index (χ0v) is 10.1. The Morgan fingerprint density at radius 3 is 2.44 bits per heavy atom. The predicted molar refractivity (Wildman–Crippen MR) is 66.0 cm³/mol. The quantitative estimate of drug-likeness (QED) is 0.633. The first-order chi connectivity index (χ1) is 8.58. The van der Waals surface area contributed by atoms with Crippen molar-refractivity contribution < 1.29 is 19.4 Å². The molecule has 4 nitrogen and oxygen atoms in total. The second-order valence-electron chi connectivity index (χ2n) is 3.80. The predicted octanol–water partition coefficient (Wildman–Crippen LogP) is 1.59. The fourth-order valence-electron chi connectivity index (χ4n) is 1.64. The Balaban J connectivity index is 2.90. The number of hydrogen-bond acceptors (Lipinski definition) is 3. The molecule has 0 heterocycles. The highest BCUT2D eigenvalue weighted by Crippen LogP contribution is 2.21. The number of benzene rings is 1. The number of terminal acetylenes is 1. The number of esters is 1. The largest absolute Gasteiger partial charge is 0.481 e. The van der Waals surface area contributed by atoms with E-state index in [9.17, 15) is 9.59 Å². The molecule has 1 rings (SSSR count). The summed E-state index contributed by atoms with van der Waals surface area (Å²) in [5, 5.41) is 8.66. The van der Waals surface area contributed by atoms with E-state index in [0.29, 0.717) is 5.56 Å². The lowest BCUT2D eigenvalue weighted by Crippen LogP contribution is -2.14. The summed E-state index contributed by atoms with van der Waals surface area (Å²) in [5.74, 6) is 0.650. The number of aliphatic carboxylic acids is 1. The third-order valence-electron chi connectivity index (χ3n) is 2.55. The van der Waals surface area contributed by atoms with Gasteiger partial charge in [-0.05, 0) is 11.1 Å². The molecule has 0 aliphatic rings. The summed E-state index contributed by atoms with van der Waals surface area (Å²) in [6.45, 7) is 0.